The monoisotopic (exact) mass is 274 g/mol. The van der Waals surface area contributed by atoms with Gasteiger partial charge in [0.1, 0.15) is 0 Å². The molecule has 0 bridgehead atoms. The zero-order valence-electron chi connectivity index (χ0n) is 8.60. The summed E-state index contributed by atoms with van der Waals surface area (Å²) in [7, 11) is 0. The van der Waals surface area contributed by atoms with E-state index in [-0.39, 0.29) is 0 Å². The van der Waals surface area contributed by atoms with Gasteiger partial charge in [0.15, 0.2) is 0 Å². The van der Waals surface area contributed by atoms with Crippen molar-refractivity contribution in [1.82, 2.24) is 0 Å². The molecule has 3 heteroatoms. The summed E-state index contributed by atoms with van der Waals surface area (Å²) in [4.78, 5) is 0. The molecule has 0 fully saturated rings. The third kappa shape index (κ3) is 2.94. The Morgan fingerprint density at radius 1 is 0.938 bits per heavy atom. The Hall–Kier alpha value is -1.61. The molecule has 0 atom stereocenters. The van der Waals surface area contributed by atoms with Gasteiger partial charge in [-0.2, -0.15) is 5.10 Å². The van der Waals surface area contributed by atoms with Gasteiger partial charge in [-0.15, -0.1) is 0 Å². The number of nitrogens with zero attached hydrogens (tertiary/aromatic N) is 1. The fourth-order valence-electron chi connectivity index (χ4n) is 1.27. The molecular weight excluding hydrogens is 264 g/mol. The summed E-state index contributed by atoms with van der Waals surface area (Å²) in [6, 6.07) is 17.8. The Kier molecular flexibility index (Phi) is 3.72. The number of rotatable bonds is 3. The standard InChI is InChI=1S/C13H11BrN2/c14-13-9-5-4-6-11(13)10-15-16-12-7-2-1-3-8-12/h1-10,16H/b15-10-. The number of para-hydroxylation sites is 1. The fraction of sp³-hybridized carbons (Fsp3) is 0. The van der Waals surface area contributed by atoms with Crippen LogP contribution in [0.3, 0.4) is 0 Å². The smallest absolute Gasteiger partial charge is 0.0561 e. The van der Waals surface area contributed by atoms with Gasteiger partial charge in [-0.3, -0.25) is 5.43 Å². The van der Waals surface area contributed by atoms with Crippen LogP contribution in [0.15, 0.2) is 64.2 Å². The minimum Gasteiger partial charge on any atom is -0.279 e. The molecule has 0 unspecified atom stereocenters. The van der Waals surface area contributed by atoms with Crippen LogP contribution in [-0.4, -0.2) is 6.21 Å². The SMILES string of the molecule is Brc1ccccc1/C=N\Nc1ccccc1. The van der Waals surface area contributed by atoms with Crippen LogP contribution >= 0.6 is 15.9 Å². The lowest BCUT2D eigenvalue weighted by Gasteiger charge is -1.99. The first-order chi connectivity index (χ1) is 7.86. The molecule has 0 saturated heterocycles. The molecule has 0 aromatic heterocycles. The highest BCUT2D eigenvalue weighted by Crippen LogP contribution is 2.13. The van der Waals surface area contributed by atoms with Crippen LogP contribution in [0.2, 0.25) is 0 Å². The lowest BCUT2D eigenvalue weighted by molar-refractivity contribution is 1.35. The number of benzene rings is 2. The van der Waals surface area contributed by atoms with Crippen molar-refractivity contribution in [3.8, 4) is 0 Å². The van der Waals surface area contributed by atoms with Crippen LogP contribution < -0.4 is 5.43 Å². The van der Waals surface area contributed by atoms with Crippen LogP contribution in [0.4, 0.5) is 5.69 Å². The van der Waals surface area contributed by atoms with E-state index in [9.17, 15) is 0 Å². The second-order valence-corrected chi connectivity index (χ2v) is 4.11. The maximum Gasteiger partial charge on any atom is 0.0561 e. The number of nitrogens with one attached hydrogen (secondary N) is 1. The first-order valence-corrected chi connectivity index (χ1v) is 5.74. The highest BCUT2D eigenvalue weighted by molar-refractivity contribution is 9.10. The summed E-state index contributed by atoms with van der Waals surface area (Å²) in [5.41, 5.74) is 4.99. The molecule has 0 radical (unpaired) electrons. The molecule has 0 aliphatic carbocycles. The first kappa shape index (κ1) is 10.9. The number of hydrogen-bond donors (Lipinski definition) is 1. The predicted molar refractivity (Wildman–Crippen MR) is 71.8 cm³/mol. The van der Waals surface area contributed by atoms with Crippen LogP contribution in [0, 0.1) is 0 Å². The van der Waals surface area contributed by atoms with Gasteiger partial charge in [0.05, 0.1) is 11.9 Å². The lowest BCUT2D eigenvalue weighted by Crippen LogP contribution is -1.90. The maximum absolute atomic E-state index is 4.17. The molecule has 2 nitrogen and oxygen atoms in total. The zero-order valence-corrected chi connectivity index (χ0v) is 10.2. The number of hydrazone groups is 1. The molecular formula is C13H11BrN2. The number of hydrogen-bond acceptors (Lipinski definition) is 2. The lowest BCUT2D eigenvalue weighted by atomic mass is 10.2. The molecule has 80 valence electrons. The van der Waals surface area contributed by atoms with Crippen molar-refractivity contribution in [3.05, 3.63) is 64.6 Å². The molecule has 0 heterocycles. The third-order valence-corrected chi connectivity index (χ3v) is 2.80. The van der Waals surface area contributed by atoms with Gasteiger partial charge in [0, 0.05) is 10.0 Å². The normalized spacial score (nSPS) is 10.6. The molecule has 0 aliphatic heterocycles. The van der Waals surface area contributed by atoms with E-state index in [4.69, 9.17) is 0 Å². The molecule has 0 aliphatic rings. The van der Waals surface area contributed by atoms with Gasteiger partial charge < -0.3 is 0 Å². The highest BCUT2D eigenvalue weighted by Gasteiger charge is 1.93. The Balaban J connectivity index is 2.03. The molecule has 2 rings (SSSR count). The number of halogens is 1. The Morgan fingerprint density at radius 3 is 2.38 bits per heavy atom. The van der Waals surface area contributed by atoms with E-state index in [1.165, 1.54) is 0 Å². The van der Waals surface area contributed by atoms with Gasteiger partial charge in [-0.25, -0.2) is 0 Å². The van der Waals surface area contributed by atoms with Crippen molar-refractivity contribution in [3.63, 3.8) is 0 Å². The van der Waals surface area contributed by atoms with Crippen molar-refractivity contribution in [2.45, 2.75) is 0 Å². The summed E-state index contributed by atoms with van der Waals surface area (Å²) in [6.07, 6.45) is 1.79. The average molecular weight is 275 g/mol. The van der Waals surface area contributed by atoms with E-state index in [0.717, 1.165) is 15.7 Å². The van der Waals surface area contributed by atoms with E-state index in [1.807, 2.05) is 54.6 Å². The van der Waals surface area contributed by atoms with E-state index >= 15 is 0 Å². The molecule has 16 heavy (non-hydrogen) atoms. The van der Waals surface area contributed by atoms with E-state index in [0.29, 0.717) is 0 Å². The number of anilines is 1. The van der Waals surface area contributed by atoms with E-state index in [1.54, 1.807) is 6.21 Å². The average Bonchev–Trinajstić information content (AvgIpc) is 2.33. The summed E-state index contributed by atoms with van der Waals surface area (Å²) >= 11 is 3.46. The molecule has 0 spiro atoms. The van der Waals surface area contributed by atoms with Gasteiger partial charge >= 0.3 is 0 Å². The van der Waals surface area contributed by atoms with Crippen molar-refractivity contribution in [2.75, 3.05) is 5.43 Å². The van der Waals surface area contributed by atoms with Gasteiger partial charge in [0.25, 0.3) is 0 Å². The van der Waals surface area contributed by atoms with E-state index < -0.39 is 0 Å². The zero-order chi connectivity index (χ0) is 11.2. The summed E-state index contributed by atoms with van der Waals surface area (Å²) < 4.78 is 1.04. The third-order valence-electron chi connectivity index (χ3n) is 2.08. The predicted octanol–water partition coefficient (Wildman–Crippen LogP) is 3.90. The quantitative estimate of drug-likeness (QED) is 0.667. The summed E-state index contributed by atoms with van der Waals surface area (Å²) in [5.74, 6) is 0. The Labute approximate surface area is 103 Å². The van der Waals surface area contributed by atoms with Gasteiger partial charge in [0.2, 0.25) is 0 Å². The van der Waals surface area contributed by atoms with Crippen LogP contribution in [0.5, 0.6) is 0 Å². The van der Waals surface area contributed by atoms with E-state index in [2.05, 4.69) is 26.5 Å². The highest BCUT2D eigenvalue weighted by atomic mass is 79.9. The Morgan fingerprint density at radius 2 is 1.62 bits per heavy atom. The molecule has 1 N–H and O–H groups in total. The van der Waals surface area contributed by atoms with Crippen LogP contribution in [0.1, 0.15) is 5.56 Å². The maximum atomic E-state index is 4.17. The van der Waals surface area contributed by atoms with Crippen LogP contribution in [-0.2, 0) is 0 Å². The molecule has 0 saturated carbocycles. The second-order valence-electron chi connectivity index (χ2n) is 3.26. The van der Waals surface area contributed by atoms with Gasteiger partial charge in [-0.1, -0.05) is 52.3 Å². The van der Waals surface area contributed by atoms with Crippen molar-refractivity contribution >= 4 is 27.8 Å². The fourth-order valence-corrected chi connectivity index (χ4v) is 1.66. The Bertz CT molecular complexity index is 480. The minimum absolute atomic E-state index is 0.978. The topological polar surface area (TPSA) is 24.4 Å². The molecule has 2 aromatic rings. The summed E-state index contributed by atoms with van der Waals surface area (Å²) in [6.45, 7) is 0. The van der Waals surface area contributed by atoms with Gasteiger partial charge in [-0.05, 0) is 18.2 Å². The van der Waals surface area contributed by atoms with Crippen molar-refractivity contribution in [1.29, 1.82) is 0 Å². The molecule has 0 amide bonds. The van der Waals surface area contributed by atoms with Crippen molar-refractivity contribution in [2.24, 2.45) is 5.10 Å². The minimum atomic E-state index is 0.978. The largest absolute Gasteiger partial charge is 0.279 e. The molecule has 2 aromatic carbocycles. The van der Waals surface area contributed by atoms with Crippen LogP contribution in [0.25, 0.3) is 0 Å². The van der Waals surface area contributed by atoms with Crippen molar-refractivity contribution < 1.29 is 0 Å². The second kappa shape index (κ2) is 5.47. The summed E-state index contributed by atoms with van der Waals surface area (Å²) in [5, 5.41) is 4.17. The first-order valence-electron chi connectivity index (χ1n) is 4.95.